The van der Waals surface area contributed by atoms with Crippen molar-refractivity contribution in [2.24, 2.45) is 4.99 Å². The summed E-state index contributed by atoms with van der Waals surface area (Å²) >= 11 is 1.77. The van der Waals surface area contributed by atoms with Gasteiger partial charge in [0.25, 0.3) is 5.91 Å². The number of aliphatic imine (C=N–C) groups is 1. The van der Waals surface area contributed by atoms with Crippen molar-refractivity contribution in [2.45, 2.75) is 44.8 Å². The molecular formula is C22H31IN4O2S. The molecular weight excluding hydrogens is 511 g/mol. The predicted molar refractivity (Wildman–Crippen MR) is 135 cm³/mol. The van der Waals surface area contributed by atoms with Gasteiger partial charge in [0.2, 0.25) is 0 Å². The van der Waals surface area contributed by atoms with Crippen LogP contribution in [0.3, 0.4) is 0 Å². The summed E-state index contributed by atoms with van der Waals surface area (Å²) < 4.78 is 5.44. The van der Waals surface area contributed by atoms with Gasteiger partial charge in [0.05, 0.1) is 0 Å². The molecule has 164 valence electrons. The minimum atomic E-state index is -0.327. The Morgan fingerprint density at radius 3 is 2.77 bits per heavy atom. The Labute approximate surface area is 199 Å². The molecule has 0 aliphatic carbocycles. The first-order chi connectivity index (χ1) is 14.0. The predicted octanol–water partition coefficient (Wildman–Crippen LogP) is 4.13. The minimum Gasteiger partial charge on any atom is -0.368 e. The average molecular weight is 542 g/mol. The normalized spacial score (nSPS) is 16.6. The van der Waals surface area contributed by atoms with Gasteiger partial charge in [0, 0.05) is 42.7 Å². The quantitative estimate of drug-likeness (QED) is 0.280. The summed E-state index contributed by atoms with van der Waals surface area (Å²) in [7, 11) is 1.77. The molecule has 1 aromatic carbocycles. The molecule has 1 fully saturated rings. The van der Waals surface area contributed by atoms with E-state index in [2.05, 4.69) is 52.3 Å². The van der Waals surface area contributed by atoms with Crippen LogP contribution in [0.15, 0.2) is 46.8 Å². The van der Waals surface area contributed by atoms with Crippen LogP contribution in [0.5, 0.6) is 0 Å². The SMILES string of the molecule is CN=C(NCc1cccc(NC(=O)C2CCCO2)c1)NCC(C)(C)c1cccs1.I. The molecule has 2 aromatic rings. The summed E-state index contributed by atoms with van der Waals surface area (Å²) in [5.74, 6) is 0.685. The molecule has 6 nitrogen and oxygen atoms in total. The molecule has 1 unspecified atom stereocenters. The average Bonchev–Trinajstić information content (AvgIpc) is 3.42. The largest absolute Gasteiger partial charge is 0.368 e. The minimum absolute atomic E-state index is 0. The van der Waals surface area contributed by atoms with Gasteiger partial charge < -0.3 is 20.7 Å². The van der Waals surface area contributed by atoms with E-state index in [1.807, 2.05) is 24.3 Å². The molecule has 1 saturated heterocycles. The zero-order chi connectivity index (χ0) is 20.7. The second-order valence-corrected chi connectivity index (χ2v) is 8.78. The third-order valence-electron chi connectivity index (χ3n) is 4.99. The van der Waals surface area contributed by atoms with Crippen molar-refractivity contribution >= 4 is 52.9 Å². The Hall–Kier alpha value is -1.65. The van der Waals surface area contributed by atoms with Crippen LogP contribution in [0.2, 0.25) is 0 Å². The Morgan fingerprint density at radius 2 is 2.10 bits per heavy atom. The number of anilines is 1. The van der Waals surface area contributed by atoms with Crippen LogP contribution >= 0.6 is 35.3 Å². The van der Waals surface area contributed by atoms with E-state index in [4.69, 9.17) is 4.74 Å². The third-order valence-corrected chi connectivity index (χ3v) is 6.22. The lowest BCUT2D eigenvalue weighted by molar-refractivity contribution is -0.124. The Balaban J connectivity index is 0.00000320. The van der Waals surface area contributed by atoms with Crippen molar-refractivity contribution in [3.05, 3.63) is 52.2 Å². The number of carbonyl (C=O) groups excluding carboxylic acids is 1. The van der Waals surface area contributed by atoms with Gasteiger partial charge in [0.1, 0.15) is 6.10 Å². The molecule has 2 heterocycles. The van der Waals surface area contributed by atoms with Gasteiger partial charge in [-0.2, -0.15) is 0 Å². The molecule has 1 aromatic heterocycles. The summed E-state index contributed by atoms with van der Waals surface area (Å²) in [6.07, 6.45) is 1.40. The van der Waals surface area contributed by atoms with Crippen molar-refractivity contribution in [1.82, 2.24) is 10.6 Å². The lowest BCUT2D eigenvalue weighted by atomic mass is 9.91. The molecule has 0 saturated carbocycles. The molecule has 0 radical (unpaired) electrons. The van der Waals surface area contributed by atoms with Gasteiger partial charge in [-0.1, -0.05) is 32.0 Å². The number of guanidine groups is 1. The van der Waals surface area contributed by atoms with E-state index < -0.39 is 0 Å². The molecule has 3 N–H and O–H groups in total. The van der Waals surface area contributed by atoms with E-state index in [-0.39, 0.29) is 41.4 Å². The summed E-state index contributed by atoms with van der Waals surface area (Å²) in [4.78, 5) is 17.9. The first kappa shape index (κ1) is 24.6. The number of hydrogen-bond donors (Lipinski definition) is 3. The lowest BCUT2D eigenvalue weighted by Crippen LogP contribution is -2.42. The fraction of sp³-hybridized carbons (Fsp3) is 0.455. The van der Waals surface area contributed by atoms with Crippen LogP contribution < -0.4 is 16.0 Å². The van der Waals surface area contributed by atoms with Gasteiger partial charge in [-0.3, -0.25) is 9.79 Å². The van der Waals surface area contributed by atoms with Crippen molar-refractivity contribution in [3.63, 3.8) is 0 Å². The van der Waals surface area contributed by atoms with Gasteiger partial charge in [0.15, 0.2) is 5.96 Å². The molecule has 1 amide bonds. The number of nitrogens with one attached hydrogen (secondary N) is 3. The number of thiophene rings is 1. The van der Waals surface area contributed by atoms with Crippen molar-refractivity contribution in [1.29, 1.82) is 0 Å². The highest BCUT2D eigenvalue weighted by atomic mass is 127. The van der Waals surface area contributed by atoms with E-state index >= 15 is 0 Å². The highest BCUT2D eigenvalue weighted by Gasteiger charge is 2.24. The number of halogens is 1. The number of ether oxygens (including phenoxy) is 1. The summed E-state index contributed by atoms with van der Waals surface area (Å²) in [5, 5.41) is 11.8. The molecule has 30 heavy (non-hydrogen) atoms. The van der Waals surface area contributed by atoms with Crippen molar-refractivity contribution < 1.29 is 9.53 Å². The summed E-state index contributed by atoms with van der Waals surface area (Å²) in [6, 6.07) is 12.1. The standard InChI is InChI=1S/C22H30N4O2S.HI/c1-22(2,19-10-6-12-29-19)15-25-21(23-3)24-14-16-7-4-8-17(13-16)26-20(27)18-9-5-11-28-18;/h4,6-8,10,12-13,18H,5,9,11,14-15H2,1-3H3,(H,26,27)(H2,23,24,25);1H. The van der Waals surface area contributed by atoms with Crippen molar-refractivity contribution in [2.75, 3.05) is 25.5 Å². The van der Waals surface area contributed by atoms with E-state index in [9.17, 15) is 4.79 Å². The molecule has 0 spiro atoms. The molecule has 1 aliphatic heterocycles. The summed E-state index contributed by atoms with van der Waals surface area (Å²) in [6.45, 7) is 6.50. The fourth-order valence-electron chi connectivity index (χ4n) is 3.23. The number of carbonyl (C=O) groups is 1. The second-order valence-electron chi connectivity index (χ2n) is 7.83. The third kappa shape index (κ3) is 6.95. The first-order valence-electron chi connectivity index (χ1n) is 9.98. The number of benzene rings is 1. The molecule has 8 heteroatoms. The second kappa shape index (κ2) is 11.7. The Bertz CT molecular complexity index is 833. The van der Waals surface area contributed by atoms with Crippen LogP contribution in [0, 0.1) is 0 Å². The maximum atomic E-state index is 12.2. The number of rotatable bonds is 7. The highest BCUT2D eigenvalue weighted by molar-refractivity contribution is 14.0. The topological polar surface area (TPSA) is 74.8 Å². The van der Waals surface area contributed by atoms with Crippen LogP contribution in [0.1, 0.15) is 37.1 Å². The fourth-order valence-corrected chi connectivity index (χ4v) is 4.08. The van der Waals surface area contributed by atoms with Crippen molar-refractivity contribution in [3.8, 4) is 0 Å². The summed E-state index contributed by atoms with van der Waals surface area (Å²) in [5.41, 5.74) is 1.88. The zero-order valence-corrected chi connectivity index (χ0v) is 20.9. The number of hydrogen-bond acceptors (Lipinski definition) is 4. The monoisotopic (exact) mass is 542 g/mol. The van der Waals surface area contributed by atoms with Gasteiger partial charge >= 0.3 is 0 Å². The van der Waals surface area contributed by atoms with E-state index in [1.54, 1.807) is 18.4 Å². The van der Waals surface area contributed by atoms with Crippen LogP contribution in [-0.4, -0.2) is 38.2 Å². The highest BCUT2D eigenvalue weighted by Crippen LogP contribution is 2.26. The zero-order valence-electron chi connectivity index (χ0n) is 17.7. The number of amides is 1. The molecule has 0 bridgehead atoms. The Morgan fingerprint density at radius 1 is 1.27 bits per heavy atom. The first-order valence-corrected chi connectivity index (χ1v) is 10.9. The molecule has 1 aliphatic rings. The Kier molecular flexibility index (Phi) is 9.57. The van der Waals surface area contributed by atoms with E-state index in [1.165, 1.54) is 4.88 Å². The molecule has 1 atom stereocenters. The van der Waals surface area contributed by atoms with E-state index in [0.29, 0.717) is 13.2 Å². The molecule has 3 rings (SSSR count). The van der Waals surface area contributed by atoms with Crippen LogP contribution in [0.4, 0.5) is 5.69 Å². The number of nitrogens with zero attached hydrogens (tertiary/aromatic N) is 1. The van der Waals surface area contributed by atoms with E-state index in [0.717, 1.165) is 36.6 Å². The smallest absolute Gasteiger partial charge is 0.253 e. The van der Waals surface area contributed by atoms with Gasteiger partial charge in [-0.05, 0) is 42.0 Å². The van der Waals surface area contributed by atoms with Crippen LogP contribution in [0.25, 0.3) is 0 Å². The van der Waals surface area contributed by atoms with Gasteiger partial charge in [-0.25, -0.2) is 0 Å². The van der Waals surface area contributed by atoms with Gasteiger partial charge in [-0.15, -0.1) is 35.3 Å². The van der Waals surface area contributed by atoms with Crippen LogP contribution in [-0.2, 0) is 21.5 Å². The maximum absolute atomic E-state index is 12.2. The lowest BCUT2D eigenvalue weighted by Gasteiger charge is -2.25. The maximum Gasteiger partial charge on any atom is 0.253 e.